The first-order chi connectivity index (χ1) is 13.7. The van der Waals surface area contributed by atoms with Crippen molar-refractivity contribution in [2.24, 2.45) is 0 Å². The Hall–Kier alpha value is -3.27. The number of carbonyl (C=O) groups excluding carboxylic acids is 1. The summed E-state index contributed by atoms with van der Waals surface area (Å²) in [5, 5.41) is 3.82. The highest BCUT2D eigenvalue weighted by molar-refractivity contribution is 7.19. The average molecular weight is 396 g/mol. The van der Waals surface area contributed by atoms with E-state index in [9.17, 15) is 4.79 Å². The minimum atomic E-state index is -0.344. The largest absolute Gasteiger partial charge is 0.481 e. The molecule has 0 bridgehead atoms. The number of hydrogen-bond donors (Lipinski definition) is 1. The van der Waals surface area contributed by atoms with Crippen molar-refractivity contribution in [1.29, 1.82) is 0 Å². The van der Waals surface area contributed by atoms with Crippen LogP contribution in [-0.4, -0.2) is 46.3 Å². The number of cyclic esters (lactones) is 1. The number of anilines is 3. The summed E-state index contributed by atoms with van der Waals surface area (Å²) in [5.74, 6) is 1.02. The van der Waals surface area contributed by atoms with Gasteiger partial charge in [-0.2, -0.15) is 0 Å². The van der Waals surface area contributed by atoms with E-state index in [0.29, 0.717) is 30.1 Å². The normalized spacial score (nSPS) is 15.0. The van der Waals surface area contributed by atoms with Gasteiger partial charge in [0.25, 0.3) is 0 Å². The zero-order valence-corrected chi connectivity index (χ0v) is 15.8. The molecule has 0 unspecified atom stereocenters. The first-order valence-electron chi connectivity index (χ1n) is 8.78. The Morgan fingerprint density at radius 2 is 2.14 bits per heavy atom. The van der Waals surface area contributed by atoms with E-state index in [2.05, 4.69) is 20.3 Å². The quantitative estimate of drug-likeness (QED) is 0.718. The predicted molar refractivity (Wildman–Crippen MR) is 103 cm³/mol. The maximum Gasteiger partial charge on any atom is 0.416 e. The van der Waals surface area contributed by atoms with Crippen LogP contribution in [0.5, 0.6) is 5.88 Å². The van der Waals surface area contributed by atoms with Crippen molar-refractivity contribution in [3.05, 3.63) is 35.8 Å². The summed E-state index contributed by atoms with van der Waals surface area (Å²) in [7, 11) is 1.57. The van der Waals surface area contributed by atoms with E-state index >= 15 is 0 Å². The third kappa shape index (κ3) is 2.91. The fourth-order valence-electron chi connectivity index (χ4n) is 3.18. The van der Waals surface area contributed by atoms with Crippen molar-refractivity contribution in [2.45, 2.75) is 12.8 Å². The molecule has 28 heavy (non-hydrogen) atoms. The molecule has 142 valence electrons. The maximum absolute atomic E-state index is 11.9. The van der Waals surface area contributed by atoms with E-state index in [1.165, 1.54) is 11.3 Å². The molecule has 0 radical (unpaired) electrons. The molecule has 1 N–H and O–H groups in total. The van der Waals surface area contributed by atoms with Crippen molar-refractivity contribution < 1.29 is 14.3 Å². The average Bonchev–Trinajstić information content (AvgIpc) is 3.34. The number of thiazole rings is 1. The van der Waals surface area contributed by atoms with Crippen LogP contribution in [0.2, 0.25) is 0 Å². The van der Waals surface area contributed by atoms with Gasteiger partial charge in [0.05, 0.1) is 41.8 Å². The maximum atomic E-state index is 11.9. The van der Waals surface area contributed by atoms with E-state index in [0.717, 1.165) is 40.4 Å². The van der Waals surface area contributed by atoms with Crippen LogP contribution in [0.15, 0.2) is 24.5 Å². The van der Waals surface area contributed by atoms with Gasteiger partial charge in [0.15, 0.2) is 5.13 Å². The molecule has 3 aromatic rings. The van der Waals surface area contributed by atoms with Gasteiger partial charge in [-0.3, -0.25) is 0 Å². The third-order valence-corrected chi connectivity index (χ3v) is 5.72. The number of hydrogen-bond acceptors (Lipinski definition) is 9. The molecule has 2 aliphatic rings. The molecule has 9 nitrogen and oxygen atoms in total. The van der Waals surface area contributed by atoms with Gasteiger partial charge < -0.3 is 14.8 Å². The van der Waals surface area contributed by atoms with Gasteiger partial charge in [-0.1, -0.05) is 11.3 Å². The van der Waals surface area contributed by atoms with Crippen LogP contribution >= 0.6 is 11.3 Å². The van der Waals surface area contributed by atoms with E-state index < -0.39 is 0 Å². The topological polar surface area (TPSA) is 102 Å². The number of ether oxygens (including phenoxy) is 2. The number of rotatable bonds is 4. The van der Waals surface area contributed by atoms with Gasteiger partial charge in [0.1, 0.15) is 6.61 Å². The molecule has 1 aliphatic heterocycles. The molecule has 0 atom stereocenters. The summed E-state index contributed by atoms with van der Waals surface area (Å²) < 4.78 is 10.1. The van der Waals surface area contributed by atoms with E-state index in [4.69, 9.17) is 14.5 Å². The van der Waals surface area contributed by atoms with Crippen molar-refractivity contribution in [3.8, 4) is 16.5 Å². The number of pyridine rings is 1. The molecule has 5 rings (SSSR count). The van der Waals surface area contributed by atoms with Crippen LogP contribution in [0.3, 0.4) is 0 Å². The Balaban J connectivity index is 1.46. The molecule has 1 fully saturated rings. The van der Waals surface area contributed by atoms with Crippen molar-refractivity contribution in [3.63, 3.8) is 0 Å². The number of nitrogens with zero attached hydrogens (tertiary/aromatic N) is 5. The molecule has 1 amide bonds. The molecule has 1 saturated heterocycles. The van der Waals surface area contributed by atoms with Crippen LogP contribution in [0.1, 0.15) is 11.3 Å². The number of aromatic nitrogens is 4. The number of fused-ring (bicyclic) bond motifs is 3. The second-order valence-electron chi connectivity index (χ2n) is 6.32. The summed E-state index contributed by atoms with van der Waals surface area (Å²) in [6.07, 6.45) is 4.79. The molecule has 0 saturated carbocycles. The van der Waals surface area contributed by atoms with E-state index in [1.807, 2.05) is 12.3 Å². The summed E-state index contributed by atoms with van der Waals surface area (Å²) in [5.41, 5.74) is 3.66. The molecule has 0 spiro atoms. The van der Waals surface area contributed by atoms with Crippen molar-refractivity contribution in [1.82, 2.24) is 19.9 Å². The third-order valence-electron chi connectivity index (χ3n) is 4.59. The van der Waals surface area contributed by atoms with E-state index in [1.54, 1.807) is 24.3 Å². The van der Waals surface area contributed by atoms with Gasteiger partial charge in [0.2, 0.25) is 11.8 Å². The van der Waals surface area contributed by atoms with Gasteiger partial charge in [0, 0.05) is 12.3 Å². The lowest BCUT2D eigenvalue weighted by molar-refractivity contribution is 0.181. The minimum absolute atomic E-state index is 0.344. The highest BCUT2D eigenvalue weighted by Gasteiger charge is 2.30. The van der Waals surface area contributed by atoms with Crippen LogP contribution in [0, 0.1) is 0 Å². The zero-order valence-electron chi connectivity index (χ0n) is 15.0. The lowest BCUT2D eigenvalue weighted by atomic mass is 10.00. The molecule has 10 heteroatoms. The van der Waals surface area contributed by atoms with E-state index in [-0.39, 0.29) is 6.09 Å². The number of carbonyl (C=O) groups is 1. The molecule has 1 aliphatic carbocycles. The Kier molecular flexibility index (Phi) is 4.05. The smallest absolute Gasteiger partial charge is 0.416 e. The summed E-state index contributed by atoms with van der Waals surface area (Å²) >= 11 is 1.47. The summed E-state index contributed by atoms with van der Waals surface area (Å²) in [6, 6.07) is 3.62. The molecule has 3 aromatic heterocycles. The highest BCUT2D eigenvalue weighted by atomic mass is 32.1. The monoisotopic (exact) mass is 396 g/mol. The Morgan fingerprint density at radius 1 is 1.21 bits per heavy atom. The second-order valence-corrected chi connectivity index (χ2v) is 7.30. The lowest BCUT2D eigenvalue weighted by Gasteiger charge is -2.14. The minimum Gasteiger partial charge on any atom is -0.481 e. The Bertz CT molecular complexity index is 1050. The number of methoxy groups -OCH3 is 1. The first kappa shape index (κ1) is 16.9. The SMILES string of the molecule is COc1ccc(Nc2ncc3c(n2)-c2sc(N4CCOC4=O)nc2CC3)cn1. The Labute approximate surface area is 164 Å². The zero-order chi connectivity index (χ0) is 19.1. The first-order valence-corrected chi connectivity index (χ1v) is 9.60. The lowest BCUT2D eigenvalue weighted by Crippen LogP contribution is -2.23. The van der Waals surface area contributed by atoms with Gasteiger partial charge in [-0.15, -0.1) is 0 Å². The number of aryl methyl sites for hydroxylation is 2. The standard InChI is InChI=1S/C18H16N6O3S/c1-26-13-5-3-11(9-19-13)21-16-20-8-10-2-4-12-15(14(10)23-16)28-17(22-12)24-6-7-27-18(24)25/h3,5,8-9H,2,4,6-7H2,1H3,(H,20,21,23). The molecule has 0 aromatic carbocycles. The second kappa shape index (κ2) is 6.71. The number of amides is 1. The summed E-state index contributed by atoms with van der Waals surface area (Å²) in [6.45, 7) is 0.922. The van der Waals surface area contributed by atoms with Gasteiger partial charge in [-0.25, -0.2) is 29.6 Å². The van der Waals surface area contributed by atoms with Crippen LogP contribution < -0.4 is 15.0 Å². The van der Waals surface area contributed by atoms with Crippen LogP contribution in [-0.2, 0) is 17.6 Å². The molecule has 4 heterocycles. The fourth-order valence-corrected chi connectivity index (χ4v) is 4.33. The van der Waals surface area contributed by atoms with Crippen LogP contribution in [0.25, 0.3) is 10.6 Å². The van der Waals surface area contributed by atoms with Gasteiger partial charge >= 0.3 is 6.09 Å². The molecular weight excluding hydrogens is 380 g/mol. The van der Waals surface area contributed by atoms with Crippen LogP contribution in [0.4, 0.5) is 21.6 Å². The van der Waals surface area contributed by atoms with Crippen molar-refractivity contribution in [2.75, 3.05) is 30.5 Å². The van der Waals surface area contributed by atoms with Gasteiger partial charge in [-0.05, 0) is 24.5 Å². The summed E-state index contributed by atoms with van der Waals surface area (Å²) in [4.78, 5) is 32.4. The number of nitrogens with one attached hydrogen (secondary N) is 1. The molecular formula is C18H16N6O3S. The fraction of sp³-hybridized carbons (Fsp3) is 0.278. The Morgan fingerprint density at radius 3 is 2.89 bits per heavy atom. The highest BCUT2D eigenvalue weighted by Crippen LogP contribution is 2.40. The predicted octanol–water partition coefficient (Wildman–Crippen LogP) is 2.80. The van der Waals surface area contributed by atoms with Crippen molar-refractivity contribution >= 4 is 34.2 Å².